The largest absolute Gasteiger partial charge is 0.417 e. The molecule has 0 unspecified atom stereocenters. The van der Waals surface area contributed by atoms with E-state index in [0.717, 1.165) is 85.7 Å². The van der Waals surface area contributed by atoms with Gasteiger partial charge in [0.1, 0.15) is 5.82 Å². The maximum absolute atomic E-state index is 13.1. The first-order valence-corrected chi connectivity index (χ1v) is 11.8. The summed E-state index contributed by atoms with van der Waals surface area (Å²) in [7, 11) is 0. The average molecular weight is 472 g/mol. The molecule has 2 aliphatic rings. The maximum atomic E-state index is 13.1. The number of aryl methyl sites for hydroxylation is 2. The van der Waals surface area contributed by atoms with Crippen LogP contribution in [0.3, 0.4) is 0 Å². The normalized spacial score (nSPS) is 18.0. The molecule has 4 rings (SSSR count). The summed E-state index contributed by atoms with van der Waals surface area (Å²) in [6.45, 7) is 10.5. The van der Waals surface area contributed by atoms with Crippen LogP contribution in [0.4, 0.5) is 24.7 Å². The summed E-state index contributed by atoms with van der Waals surface area (Å²) in [5, 5.41) is 3.44. The monoisotopic (exact) mass is 471 g/mol. The topological polar surface area (TPSA) is 67.1 Å². The summed E-state index contributed by atoms with van der Waals surface area (Å²) >= 11 is 0. The van der Waals surface area contributed by atoms with Crippen molar-refractivity contribution in [2.24, 2.45) is 5.73 Å². The molecule has 1 aliphatic heterocycles. The molecule has 0 aromatic carbocycles. The van der Waals surface area contributed by atoms with Crippen LogP contribution < -0.4 is 16.0 Å². The number of halogens is 3. The highest BCUT2D eigenvalue weighted by Crippen LogP contribution is 2.50. The quantitative estimate of drug-likeness (QED) is 0.525. The fourth-order valence-corrected chi connectivity index (χ4v) is 4.97. The molecule has 1 aliphatic carbocycles. The minimum atomic E-state index is -4.42. The minimum absolute atomic E-state index is 0.312. The second kappa shape index (κ2) is 8.96. The van der Waals surface area contributed by atoms with Crippen molar-refractivity contribution >= 4 is 11.5 Å². The lowest BCUT2D eigenvalue weighted by Gasteiger charge is -2.45. The zero-order valence-electron chi connectivity index (χ0n) is 20.0. The van der Waals surface area contributed by atoms with Gasteiger partial charge in [-0.15, -0.1) is 0 Å². The van der Waals surface area contributed by atoms with Gasteiger partial charge in [-0.05, 0) is 69.7 Å². The number of fused-ring (bicyclic) bond motifs is 1. The molecule has 1 fully saturated rings. The molecular weight excluding hydrogens is 439 g/mol. The molecule has 3 N–H and O–H groups in total. The SMILES string of the molecule is C=C(N)N1CCCc2nc(C3(C(Nc4ncc(C(F)(F)F)cc4C)=C(C)CC)CCC3)ccc21. The number of nitrogens with one attached hydrogen (secondary N) is 1. The Bertz CT molecular complexity index is 1130. The van der Waals surface area contributed by atoms with Gasteiger partial charge in [0.05, 0.1) is 33.9 Å². The molecule has 2 aromatic rings. The van der Waals surface area contributed by atoms with E-state index in [0.29, 0.717) is 17.2 Å². The molecular formula is C26H32F3N5. The van der Waals surface area contributed by atoms with E-state index in [-0.39, 0.29) is 5.41 Å². The molecule has 0 atom stereocenters. The van der Waals surface area contributed by atoms with Crippen molar-refractivity contribution in [2.75, 3.05) is 16.8 Å². The average Bonchev–Trinajstić information content (AvgIpc) is 2.76. The van der Waals surface area contributed by atoms with E-state index in [1.165, 1.54) is 0 Å². The second-order valence-corrected chi connectivity index (χ2v) is 9.37. The molecule has 8 heteroatoms. The number of nitrogens with two attached hydrogens (primary N) is 1. The van der Waals surface area contributed by atoms with Crippen LogP contribution in [0.25, 0.3) is 0 Å². The predicted octanol–water partition coefficient (Wildman–Crippen LogP) is 6.20. The molecule has 0 spiro atoms. The summed E-state index contributed by atoms with van der Waals surface area (Å²) in [6, 6.07) is 5.29. The lowest BCUT2D eigenvalue weighted by atomic mass is 9.63. The van der Waals surface area contributed by atoms with Crippen LogP contribution in [-0.2, 0) is 18.0 Å². The molecule has 34 heavy (non-hydrogen) atoms. The van der Waals surface area contributed by atoms with Crippen molar-refractivity contribution in [3.05, 3.63) is 70.6 Å². The first kappa shape index (κ1) is 24.1. The second-order valence-electron chi connectivity index (χ2n) is 9.37. The Morgan fingerprint density at radius 2 is 2.00 bits per heavy atom. The van der Waals surface area contributed by atoms with Crippen LogP contribution in [0, 0.1) is 6.92 Å². The highest BCUT2D eigenvalue weighted by atomic mass is 19.4. The standard InChI is InChI=1S/C26H32F3N5/c1-5-16(2)23(33-24-17(3)14-19(15-31-24)26(27,28)29)25(11-7-12-25)22-10-9-21-20(32-22)8-6-13-34(21)18(4)30/h9-10,14-15H,4-8,11-13,30H2,1-3H3,(H,31,33). The van der Waals surface area contributed by atoms with Gasteiger partial charge in [0.2, 0.25) is 0 Å². The van der Waals surface area contributed by atoms with E-state index in [4.69, 9.17) is 10.7 Å². The van der Waals surface area contributed by atoms with E-state index >= 15 is 0 Å². The summed E-state index contributed by atoms with van der Waals surface area (Å²) in [4.78, 5) is 11.3. The fourth-order valence-electron chi connectivity index (χ4n) is 4.97. The Morgan fingerprint density at radius 1 is 1.26 bits per heavy atom. The molecule has 1 saturated carbocycles. The Morgan fingerprint density at radius 3 is 2.56 bits per heavy atom. The first-order valence-electron chi connectivity index (χ1n) is 11.8. The number of alkyl halides is 3. The van der Waals surface area contributed by atoms with Gasteiger partial charge in [-0.3, -0.25) is 4.98 Å². The molecule has 0 saturated heterocycles. The number of hydrogen-bond acceptors (Lipinski definition) is 5. The molecule has 0 bridgehead atoms. The third-order valence-corrected chi connectivity index (χ3v) is 7.17. The van der Waals surface area contributed by atoms with E-state index in [2.05, 4.69) is 42.9 Å². The van der Waals surface area contributed by atoms with Gasteiger partial charge in [0.25, 0.3) is 0 Å². The molecule has 2 aromatic heterocycles. The minimum Gasteiger partial charge on any atom is -0.386 e. The van der Waals surface area contributed by atoms with E-state index in [9.17, 15) is 13.2 Å². The number of pyridine rings is 2. The highest BCUT2D eigenvalue weighted by molar-refractivity contribution is 5.59. The number of nitrogens with zero attached hydrogens (tertiary/aromatic N) is 3. The van der Waals surface area contributed by atoms with Gasteiger partial charge in [-0.1, -0.05) is 25.5 Å². The third kappa shape index (κ3) is 4.26. The zero-order chi connectivity index (χ0) is 24.7. The molecule has 3 heterocycles. The van der Waals surface area contributed by atoms with Crippen LogP contribution in [-0.4, -0.2) is 16.5 Å². The number of anilines is 2. The van der Waals surface area contributed by atoms with Crippen molar-refractivity contribution < 1.29 is 13.2 Å². The lowest BCUT2D eigenvalue weighted by molar-refractivity contribution is -0.137. The van der Waals surface area contributed by atoms with Gasteiger partial charge >= 0.3 is 6.18 Å². The molecule has 0 radical (unpaired) electrons. The van der Waals surface area contributed by atoms with Crippen LogP contribution >= 0.6 is 0 Å². The van der Waals surface area contributed by atoms with Crippen molar-refractivity contribution in [1.29, 1.82) is 0 Å². The van der Waals surface area contributed by atoms with Gasteiger partial charge in [0.15, 0.2) is 0 Å². The van der Waals surface area contributed by atoms with Gasteiger partial charge in [-0.2, -0.15) is 13.2 Å². The first-order chi connectivity index (χ1) is 16.1. The molecule has 0 amide bonds. The molecule has 182 valence electrons. The number of hydrogen-bond donors (Lipinski definition) is 2. The summed E-state index contributed by atoms with van der Waals surface area (Å²) in [5.41, 5.74) is 10.6. The Hall–Kier alpha value is -3.03. The lowest BCUT2D eigenvalue weighted by Crippen LogP contribution is -2.41. The van der Waals surface area contributed by atoms with E-state index in [1.807, 2.05) is 4.90 Å². The van der Waals surface area contributed by atoms with Crippen molar-refractivity contribution in [3.8, 4) is 0 Å². The third-order valence-electron chi connectivity index (χ3n) is 7.17. The smallest absolute Gasteiger partial charge is 0.386 e. The van der Waals surface area contributed by atoms with Crippen LogP contribution in [0.2, 0.25) is 0 Å². The van der Waals surface area contributed by atoms with Crippen molar-refractivity contribution in [3.63, 3.8) is 0 Å². The number of allylic oxidation sites excluding steroid dienone is 2. The van der Waals surface area contributed by atoms with Crippen molar-refractivity contribution in [2.45, 2.75) is 70.9 Å². The van der Waals surface area contributed by atoms with Gasteiger partial charge in [0, 0.05) is 18.4 Å². The summed E-state index contributed by atoms with van der Waals surface area (Å²) < 4.78 is 39.4. The predicted molar refractivity (Wildman–Crippen MR) is 129 cm³/mol. The van der Waals surface area contributed by atoms with E-state index in [1.54, 1.807) is 6.92 Å². The summed E-state index contributed by atoms with van der Waals surface area (Å²) in [5.74, 6) is 0.965. The summed E-state index contributed by atoms with van der Waals surface area (Å²) in [6.07, 6.45) is 2.03. The highest BCUT2D eigenvalue weighted by Gasteiger charge is 2.45. The fraction of sp³-hybridized carbons (Fsp3) is 0.462. The van der Waals surface area contributed by atoms with Gasteiger partial charge in [-0.25, -0.2) is 4.98 Å². The van der Waals surface area contributed by atoms with Crippen molar-refractivity contribution in [1.82, 2.24) is 9.97 Å². The van der Waals surface area contributed by atoms with Crippen LogP contribution in [0.1, 0.15) is 68.5 Å². The Balaban J connectivity index is 1.74. The number of rotatable bonds is 6. The molecule has 5 nitrogen and oxygen atoms in total. The Labute approximate surface area is 199 Å². The Kier molecular flexibility index (Phi) is 6.36. The van der Waals surface area contributed by atoms with E-state index < -0.39 is 11.7 Å². The zero-order valence-corrected chi connectivity index (χ0v) is 20.0. The van der Waals surface area contributed by atoms with Crippen LogP contribution in [0.15, 0.2) is 48.1 Å². The maximum Gasteiger partial charge on any atom is 0.417 e. The van der Waals surface area contributed by atoms with Gasteiger partial charge < -0.3 is 16.0 Å². The number of aromatic nitrogens is 2. The van der Waals surface area contributed by atoms with Crippen LogP contribution in [0.5, 0.6) is 0 Å².